The molecule has 0 aliphatic heterocycles. The minimum atomic E-state index is -0.398. The van der Waals surface area contributed by atoms with Crippen molar-refractivity contribution in [3.63, 3.8) is 0 Å². The summed E-state index contributed by atoms with van der Waals surface area (Å²) in [5, 5.41) is 6.53. The van der Waals surface area contributed by atoms with Gasteiger partial charge in [0.2, 0.25) is 0 Å². The number of benzene rings is 2. The molecule has 7 heteroatoms. The van der Waals surface area contributed by atoms with Crippen LogP contribution in [-0.4, -0.2) is 23.0 Å². The Kier molecular flexibility index (Phi) is 6.11. The van der Waals surface area contributed by atoms with Crippen molar-refractivity contribution in [2.45, 2.75) is 20.3 Å². The summed E-state index contributed by atoms with van der Waals surface area (Å²) in [4.78, 5) is 21.0. The highest BCUT2D eigenvalue weighted by Gasteiger charge is 2.13. The number of nitrogens with zero attached hydrogens (tertiary/aromatic N) is 2. The molecule has 0 radical (unpaired) electrons. The molecule has 6 nitrogen and oxygen atoms in total. The van der Waals surface area contributed by atoms with Gasteiger partial charge in [-0.1, -0.05) is 36.7 Å². The molecule has 28 heavy (non-hydrogen) atoms. The molecule has 0 fully saturated rings. The van der Waals surface area contributed by atoms with Gasteiger partial charge in [-0.2, -0.15) is 0 Å². The molecular weight excluding hydrogens is 376 g/mol. The number of amides is 1. The summed E-state index contributed by atoms with van der Waals surface area (Å²) in [6.45, 7) is 4.14. The molecule has 0 saturated heterocycles. The predicted molar refractivity (Wildman–Crippen MR) is 112 cm³/mol. The maximum Gasteiger partial charge on any atom is 0.275 e. The molecule has 0 aliphatic carbocycles. The van der Waals surface area contributed by atoms with Crippen LogP contribution in [0.2, 0.25) is 5.02 Å². The van der Waals surface area contributed by atoms with E-state index in [0.29, 0.717) is 22.3 Å². The molecule has 3 aromatic rings. The summed E-state index contributed by atoms with van der Waals surface area (Å²) >= 11 is 6.00. The van der Waals surface area contributed by atoms with Crippen molar-refractivity contribution in [1.29, 1.82) is 0 Å². The SMILES string of the molecule is CCc1cccc(C)c1Nc1cnc(C(=O)Nc2cc(Cl)ccc2OC)cn1. The van der Waals surface area contributed by atoms with E-state index in [1.165, 1.54) is 25.1 Å². The zero-order chi connectivity index (χ0) is 20.1. The van der Waals surface area contributed by atoms with Crippen molar-refractivity contribution in [1.82, 2.24) is 9.97 Å². The summed E-state index contributed by atoms with van der Waals surface area (Å²) in [7, 11) is 1.52. The van der Waals surface area contributed by atoms with Crippen molar-refractivity contribution in [2.75, 3.05) is 17.7 Å². The molecule has 0 saturated carbocycles. The minimum absolute atomic E-state index is 0.188. The van der Waals surface area contributed by atoms with Gasteiger partial charge in [-0.05, 0) is 42.7 Å². The van der Waals surface area contributed by atoms with Crippen LogP contribution in [-0.2, 0) is 6.42 Å². The molecule has 1 aromatic heterocycles. The monoisotopic (exact) mass is 396 g/mol. The second kappa shape index (κ2) is 8.71. The second-order valence-electron chi connectivity index (χ2n) is 6.17. The number of carbonyl (C=O) groups is 1. The van der Waals surface area contributed by atoms with Crippen LogP contribution in [0.5, 0.6) is 5.75 Å². The number of rotatable bonds is 6. The number of nitrogens with one attached hydrogen (secondary N) is 2. The summed E-state index contributed by atoms with van der Waals surface area (Å²) < 4.78 is 5.24. The number of aryl methyl sites for hydroxylation is 2. The van der Waals surface area contributed by atoms with Gasteiger partial charge in [0, 0.05) is 10.7 Å². The van der Waals surface area contributed by atoms with E-state index in [1.807, 2.05) is 19.1 Å². The van der Waals surface area contributed by atoms with Crippen molar-refractivity contribution in [3.05, 3.63) is 70.6 Å². The van der Waals surface area contributed by atoms with E-state index in [0.717, 1.165) is 17.7 Å². The lowest BCUT2D eigenvalue weighted by Gasteiger charge is -2.13. The third-order valence-corrected chi connectivity index (χ3v) is 4.52. The largest absolute Gasteiger partial charge is 0.495 e. The maximum absolute atomic E-state index is 12.5. The molecule has 3 rings (SSSR count). The lowest BCUT2D eigenvalue weighted by atomic mass is 10.1. The molecule has 0 unspecified atom stereocenters. The average Bonchev–Trinajstić information content (AvgIpc) is 2.70. The quantitative estimate of drug-likeness (QED) is 0.612. The van der Waals surface area contributed by atoms with Gasteiger partial charge >= 0.3 is 0 Å². The number of para-hydroxylation sites is 1. The van der Waals surface area contributed by atoms with E-state index >= 15 is 0 Å². The van der Waals surface area contributed by atoms with E-state index in [9.17, 15) is 4.79 Å². The number of hydrogen-bond donors (Lipinski definition) is 2. The summed E-state index contributed by atoms with van der Waals surface area (Å²) in [6.07, 6.45) is 3.87. The Bertz CT molecular complexity index is 990. The van der Waals surface area contributed by atoms with Gasteiger partial charge in [-0.15, -0.1) is 0 Å². The first-order valence-electron chi connectivity index (χ1n) is 8.84. The highest BCUT2D eigenvalue weighted by atomic mass is 35.5. The molecule has 2 N–H and O–H groups in total. The second-order valence-corrected chi connectivity index (χ2v) is 6.61. The smallest absolute Gasteiger partial charge is 0.275 e. The van der Waals surface area contributed by atoms with Crippen LogP contribution in [0.4, 0.5) is 17.2 Å². The van der Waals surface area contributed by atoms with Crippen LogP contribution in [0.3, 0.4) is 0 Å². The van der Waals surface area contributed by atoms with Crippen LogP contribution in [0, 0.1) is 6.92 Å². The van der Waals surface area contributed by atoms with E-state index in [1.54, 1.807) is 18.2 Å². The Balaban J connectivity index is 1.76. The maximum atomic E-state index is 12.5. The number of aromatic nitrogens is 2. The molecular formula is C21H21ClN4O2. The zero-order valence-corrected chi connectivity index (χ0v) is 16.7. The van der Waals surface area contributed by atoms with Crippen LogP contribution in [0.25, 0.3) is 0 Å². The molecule has 2 aromatic carbocycles. The molecule has 0 spiro atoms. The fourth-order valence-corrected chi connectivity index (χ4v) is 2.98. The van der Waals surface area contributed by atoms with Crippen LogP contribution >= 0.6 is 11.6 Å². The van der Waals surface area contributed by atoms with Gasteiger partial charge in [-0.3, -0.25) is 4.79 Å². The minimum Gasteiger partial charge on any atom is -0.495 e. The van der Waals surface area contributed by atoms with E-state index in [2.05, 4.69) is 33.6 Å². The average molecular weight is 397 g/mol. The third-order valence-electron chi connectivity index (χ3n) is 4.29. The van der Waals surface area contributed by atoms with Gasteiger partial charge in [0.25, 0.3) is 5.91 Å². The molecule has 0 atom stereocenters. The van der Waals surface area contributed by atoms with Crippen molar-refractivity contribution in [3.8, 4) is 5.75 Å². The van der Waals surface area contributed by atoms with Crippen LogP contribution < -0.4 is 15.4 Å². The predicted octanol–water partition coefficient (Wildman–Crippen LogP) is 5.01. The first-order chi connectivity index (χ1) is 13.5. The first-order valence-corrected chi connectivity index (χ1v) is 9.22. The van der Waals surface area contributed by atoms with E-state index in [4.69, 9.17) is 16.3 Å². The number of hydrogen-bond acceptors (Lipinski definition) is 5. The fraction of sp³-hybridized carbons (Fsp3) is 0.190. The number of anilines is 3. The lowest BCUT2D eigenvalue weighted by molar-refractivity contribution is 0.102. The normalized spacial score (nSPS) is 10.4. The van der Waals surface area contributed by atoms with E-state index < -0.39 is 5.91 Å². The Labute approximate surface area is 168 Å². The van der Waals surface area contributed by atoms with Gasteiger partial charge < -0.3 is 15.4 Å². The number of carbonyl (C=O) groups excluding carboxylic acids is 1. The van der Waals surface area contributed by atoms with Gasteiger partial charge in [0.1, 0.15) is 17.3 Å². The number of ether oxygens (including phenoxy) is 1. The zero-order valence-electron chi connectivity index (χ0n) is 15.9. The lowest BCUT2D eigenvalue weighted by Crippen LogP contribution is -2.15. The number of halogens is 1. The summed E-state index contributed by atoms with van der Waals surface area (Å²) in [6, 6.07) is 11.1. The molecule has 144 valence electrons. The number of methoxy groups -OCH3 is 1. The summed E-state index contributed by atoms with van der Waals surface area (Å²) in [5.74, 6) is 0.682. The molecule has 0 bridgehead atoms. The van der Waals surface area contributed by atoms with E-state index in [-0.39, 0.29) is 5.69 Å². The first kappa shape index (κ1) is 19.6. The van der Waals surface area contributed by atoms with Crippen molar-refractivity contribution < 1.29 is 9.53 Å². The molecule has 1 amide bonds. The highest BCUT2D eigenvalue weighted by molar-refractivity contribution is 6.31. The van der Waals surface area contributed by atoms with Crippen LogP contribution in [0.1, 0.15) is 28.5 Å². The Morgan fingerprint density at radius 3 is 2.68 bits per heavy atom. The van der Waals surface area contributed by atoms with Gasteiger partial charge in [0.15, 0.2) is 0 Å². The molecule has 0 aliphatic rings. The summed E-state index contributed by atoms with van der Waals surface area (Å²) in [5.41, 5.74) is 3.98. The van der Waals surface area contributed by atoms with Crippen molar-refractivity contribution >= 4 is 34.7 Å². The fourth-order valence-electron chi connectivity index (χ4n) is 2.80. The van der Waals surface area contributed by atoms with Gasteiger partial charge in [0.05, 0.1) is 25.2 Å². The van der Waals surface area contributed by atoms with Gasteiger partial charge in [-0.25, -0.2) is 9.97 Å². The Morgan fingerprint density at radius 2 is 2.00 bits per heavy atom. The van der Waals surface area contributed by atoms with Crippen LogP contribution in [0.15, 0.2) is 48.8 Å². The standard InChI is InChI=1S/C21H21ClN4O2/c1-4-14-7-5-6-13(2)20(14)26-19-12-23-17(11-24-19)21(27)25-16-10-15(22)8-9-18(16)28-3/h5-12H,4H2,1-3H3,(H,24,26)(H,25,27). The molecule has 1 heterocycles. The highest BCUT2D eigenvalue weighted by Crippen LogP contribution is 2.28. The third kappa shape index (κ3) is 4.40. The van der Waals surface area contributed by atoms with Crippen molar-refractivity contribution in [2.24, 2.45) is 0 Å². The topological polar surface area (TPSA) is 76.1 Å². The Morgan fingerprint density at radius 1 is 1.18 bits per heavy atom. The Hall–Kier alpha value is -3.12.